The molecule has 4 nitrogen and oxygen atoms in total. The molecule has 24 heavy (non-hydrogen) atoms. The number of amides is 2. The summed E-state index contributed by atoms with van der Waals surface area (Å²) in [6.45, 7) is 0. The predicted molar refractivity (Wildman–Crippen MR) is 91.4 cm³/mol. The van der Waals surface area contributed by atoms with Crippen LogP contribution in [0.4, 0.5) is 4.39 Å². The highest BCUT2D eigenvalue weighted by molar-refractivity contribution is 9.10. The van der Waals surface area contributed by atoms with Gasteiger partial charge < -0.3 is 0 Å². The Morgan fingerprint density at radius 1 is 1.08 bits per heavy atom. The summed E-state index contributed by atoms with van der Waals surface area (Å²) >= 11 is 3.41. The van der Waals surface area contributed by atoms with Crippen LogP contribution in [0.1, 0.15) is 24.0 Å². The summed E-state index contributed by atoms with van der Waals surface area (Å²) in [6, 6.07) is 13.3. The zero-order valence-corrected chi connectivity index (χ0v) is 14.4. The van der Waals surface area contributed by atoms with Crippen LogP contribution in [0.5, 0.6) is 0 Å². The lowest BCUT2D eigenvalue weighted by Gasteiger charge is -2.16. The van der Waals surface area contributed by atoms with Crippen molar-refractivity contribution in [3.63, 3.8) is 0 Å². The Morgan fingerprint density at radius 3 is 2.42 bits per heavy atom. The average Bonchev–Trinajstić information content (AvgIpc) is 3.37. The number of carbonyl (C=O) groups excluding carboxylic acids is 2. The first-order valence-corrected chi connectivity index (χ1v) is 8.39. The van der Waals surface area contributed by atoms with Crippen LogP contribution in [-0.4, -0.2) is 11.8 Å². The smallest absolute Gasteiger partial charge is 0.249 e. The van der Waals surface area contributed by atoms with Gasteiger partial charge in [-0.15, -0.1) is 0 Å². The van der Waals surface area contributed by atoms with E-state index in [0.717, 1.165) is 22.9 Å². The normalized spacial score (nSPS) is 14.8. The van der Waals surface area contributed by atoms with Crippen molar-refractivity contribution >= 4 is 27.7 Å². The third-order valence-electron chi connectivity index (χ3n) is 4.16. The first kappa shape index (κ1) is 16.6. The third kappa shape index (κ3) is 3.64. The van der Waals surface area contributed by atoms with Crippen molar-refractivity contribution in [2.24, 2.45) is 0 Å². The maximum absolute atomic E-state index is 12.8. The van der Waals surface area contributed by atoms with E-state index >= 15 is 0 Å². The van der Waals surface area contributed by atoms with E-state index in [0.29, 0.717) is 5.56 Å². The Bertz CT molecular complexity index is 773. The van der Waals surface area contributed by atoms with Gasteiger partial charge in [0.25, 0.3) is 0 Å². The Labute approximate surface area is 147 Å². The van der Waals surface area contributed by atoms with E-state index in [2.05, 4.69) is 26.8 Å². The van der Waals surface area contributed by atoms with E-state index in [-0.39, 0.29) is 24.1 Å². The molecule has 1 saturated carbocycles. The number of benzene rings is 2. The second-order valence-corrected chi connectivity index (χ2v) is 6.81. The van der Waals surface area contributed by atoms with E-state index in [9.17, 15) is 14.0 Å². The van der Waals surface area contributed by atoms with Gasteiger partial charge in [0.1, 0.15) is 5.82 Å². The molecular weight excluding hydrogens is 375 g/mol. The van der Waals surface area contributed by atoms with Crippen molar-refractivity contribution in [2.45, 2.75) is 24.7 Å². The van der Waals surface area contributed by atoms with Crippen LogP contribution < -0.4 is 10.9 Å². The van der Waals surface area contributed by atoms with Gasteiger partial charge in [-0.1, -0.05) is 40.2 Å². The molecule has 2 amide bonds. The second kappa shape index (κ2) is 6.73. The monoisotopic (exact) mass is 390 g/mol. The Balaban J connectivity index is 1.57. The molecule has 0 radical (unpaired) electrons. The molecule has 0 bridgehead atoms. The molecule has 124 valence electrons. The van der Waals surface area contributed by atoms with E-state index in [4.69, 9.17) is 0 Å². The number of carbonyl (C=O) groups is 2. The molecule has 0 spiro atoms. The van der Waals surface area contributed by atoms with Crippen molar-refractivity contribution in [1.29, 1.82) is 0 Å². The molecule has 2 aromatic rings. The van der Waals surface area contributed by atoms with Gasteiger partial charge in [-0.3, -0.25) is 20.4 Å². The largest absolute Gasteiger partial charge is 0.273 e. The van der Waals surface area contributed by atoms with Gasteiger partial charge in [-0.05, 0) is 48.2 Å². The van der Waals surface area contributed by atoms with Crippen molar-refractivity contribution in [2.75, 3.05) is 0 Å². The molecule has 2 aromatic carbocycles. The summed E-state index contributed by atoms with van der Waals surface area (Å²) in [4.78, 5) is 24.4. The zero-order chi connectivity index (χ0) is 17.2. The SMILES string of the molecule is O=C(Cc1ccc(F)cc1)NNC(=O)C1(c2cccc(Br)c2)CC1. The van der Waals surface area contributed by atoms with Gasteiger partial charge in [-0.25, -0.2) is 4.39 Å². The zero-order valence-electron chi connectivity index (χ0n) is 12.8. The van der Waals surface area contributed by atoms with Crippen LogP contribution >= 0.6 is 15.9 Å². The second-order valence-electron chi connectivity index (χ2n) is 5.90. The van der Waals surface area contributed by atoms with Crippen LogP contribution in [-0.2, 0) is 21.4 Å². The highest BCUT2D eigenvalue weighted by atomic mass is 79.9. The van der Waals surface area contributed by atoms with Crippen LogP contribution in [0.15, 0.2) is 53.0 Å². The van der Waals surface area contributed by atoms with E-state index in [1.807, 2.05) is 24.3 Å². The number of hydrazine groups is 1. The first-order valence-electron chi connectivity index (χ1n) is 7.59. The van der Waals surface area contributed by atoms with Crippen molar-refractivity contribution in [1.82, 2.24) is 10.9 Å². The number of hydrogen-bond acceptors (Lipinski definition) is 2. The minimum absolute atomic E-state index is 0.0739. The third-order valence-corrected chi connectivity index (χ3v) is 4.65. The summed E-state index contributed by atoms with van der Waals surface area (Å²) < 4.78 is 13.8. The predicted octanol–water partition coefficient (Wildman–Crippen LogP) is 3.01. The molecule has 0 atom stereocenters. The topological polar surface area (TPSA) is 58.2 Å². The maximum atomic E-state index is 12.8. The summed E-state index contributed by atoms with van der Waals surface area (Å²) in [5, 5.41) is 0. The lowest BCUT2D eigenvalue weighted by molar-refractivity contribution is -0.130. The van der Waals surface area contributed by atoms with E-state index in [1.165, 1.54) is 12.1 Å². The molecule has 0 unspecified atom stereocenters. The Morgan fingerprint density at radius 2 is 1.79 bits per heavy atom. The minimum Gasteiger partial charge on any atom is -0.273 e. The number of halogens is 2. The van der Waals surface area contributed by atoms with E-state index < -0.39 is 5.41 Å². The molecule has 1 aliphatic carbocycles. The molecule has 1 aliphatic rings. The van der Waals surface area contributed by atoms with Crippen LogP contribution in [0.25, 0.3) is 0 Å². The average molecular weight is 391 g/mol. The summed E-state index contributed by atoms with van der Waals surface area (Å²) in [6.07, 6.45) is 1.58. The Hall–Kier alpha value is -2.21. The van der Waals surface area contributed by atoms with Gasteiger partial charge in [0, 0.05) is 4.47 Å². The fourth-order valence-corrected chi connectivity index (χ4v) is 3.04. The fraction of sp³-hybridized carbons (Fsp3) is 0.222. The lowest BCUT2D eigenvalue weighted by Crippen LogP contribution is -2.47. The van der Waals surface area contributed by atoms with Crippen LogP contribution in [0.2, 0.25) is 0 Å². The summed E-state index contributed by atoms with van der Waals surface area (Å²) in [5.74, 6) is -0.912. The van der Waals surface area contributed by atoms with Gasteiger partial charge in [0.05, 0.1) is 11.8 Å². The standard InChI is InChI=1S/C18H16BrFN2O2/c19-14-3-1-2-13(11-14)18(8-9-18)17(24)22-21-16(23)10-12-4-6-15(20)7-5-12/h1-7,11H,8-10H2,(H,21,23)(H,22,24). The fourth-order valence-electron chi connectivity index (χ4n) is 2.64. The first-order chi connectivity index (χ1) is 11.5. The number of hydrogen-bond donors (Lipinski definition) is 2. The molecule has 0 heterocycles. The highest BCUT2D eigenvalue weighted by Crippen LogP contribution is 2.48. The van der Waals surface area contributed by atoms with Gasteiger partial charge in [0.15, 0.2) is 0 Å². The van der Waals surface area contributed by atoms with Gasteiger partial charge >= 0.3 is 0 Å². The molecule has 1 fully saturated rings. The lowest BCUT2D eigenvalue weighted by atomic mass is 9.95. The highest BCUT2D eigenvalue weighted by Gasteiger charge is 2.51. The molecule has 6 heteroatoms. The molecule has 0 aliphatic heterocycles. The van der Waals surface area contributed by atoms with Crippen molar-refractivity contribution in [3.8, 4) is 0 Å². The van der Waals surface area contributed by atoms with Crippen molar-refractivity contribution in [3.05, 3.63) is 69.9 Å². The molecule has 3 rings (SSSR count). The van der Waals surface area contributed by atoms with E-state index in [1.54, 1.807) is 12.1 Å². The number of rotatable bonds is 4. The minimum atomic E-state index is -0.563. The molecular formula is C18H16BrFN2O2. The molecule has 0 aromatic heterocycles. The van der Waals surface area contributed by atoms with Crippen molar-refractivity contribution < 1.29 is 14.0 Å². The number of nitrogens with one attached hydrogen (secondary N) is 2. The maximum Gasteiger partial charge on any atom is 0.249 e. The Kier molecular flexibility index (Phi) is 4.66. The van der Waals surface area contributed by atoms with Crippen LogP contribution in [0.3, 0.4) is 0 Å². The van der Waals surface area contributed by atoms with Gasteiger partial charge in [-0.2, -0.15) is 0 Å². The quantitative estimate of drug-likeness (QED) is 0.788. The molecule has 0 saturated heterocycles. The summed E-state index contributed by atoms with van der Waals surface area (Å²) in [7, 11) is 0. The van der Waals surface area contributed by atoms with Crippen LogP contribution in [0, 0.1) is 5.82 Å². The molecule has 2 N–H and O–H groups in total. The van der Waals surface area contributed by atoms with Gasteiger partial charge in [0.2, 0.25) is 11.8 Å². The summed E-state index contributed by atoms with van der Waals surface area (Å²) in [5.41, 5.74) is 5.99.